The number of nitrogens with zero attached hydrogens (tertiary/aromatic N) is 1. The number of carbonyl (C=O) groups is 2. The van der Waals surface area contributed by atoms with Crippen LogP contribution in [0.5, 0.6) is 0 Å². The van der Waals surface area contributed by atoms with Crippen LogP contribution >= 0.6 is 0 Å². The van der Waals surface area contributed by atoms with Crippen molar-refractivity contribution in [1.29, 1.82) is 0 Å². The van der Waals surface area contributed by atoms with Gasteiger partial charge in [-0.2, -0.15) is 0 Å². The van der Waals surface area contributed by atoms with Crippen LogP contribution in [0.1, 0.15) is 19.8 Å². The number of anilines is 1. The van der Waals surface area contributed by atoms with Crippen LogP contribution in [0.4, 0.5) is 5.69 Å². The lowest BCUT2D eigenvalue weighted by Gasteiger charge is -2.22. The second kappa shape index (κ2) is 7.22. The zero-order chi connectivity index (χ0) is 15.2. The van der Waals surface area contributed by atoms with Crippen molar-refractivity contribution < 1.29 is 14.5 Å². The highest BCUT2D eigenvalue weighted by molar-refractivity contribution is 5.94. The summed E-state index contributed by atoms with van der Waals surface area (Å²) in [6.07, 6.45) is 2.17. The van der Waals surface area contributed by atoms with E-state index in [2.05, 4.69) is 5.32 Å². The highest BCUT2D eigenvalue weighted by Gasteiger charge is 2.25. The molecule has 1 unspecified atom stereocenters. The molecule has 1 aromatic rings. The van der Waals surface area contributed by atoms with Crippen molar-refractivity contribution in [2.75, 3.05) is 31.6 Å². The summed E-state index contributed by atoms with van der Waals surface area (Å²) < 4.78 is 0. The van der Waals surface area contributed by atoms with Crippen LogP contribution in [0.15, 0.2) is 30.3 Å². The standard InChI is InChI=1S/C16H23N3O2/c1-3-19(14-7-5-4-6-8-14)16(21)12-18(2)11-15(20)17-13-9-10-13/h4-8,13H,3,9-12H2,1-2H3,(H,17,20)/p+1. The Bertz CT molecular complexity index is 486. The molecule has 21 heavy (non-hydrogen) atoms. The van der Waals surface area contributed by atoms with Crippen molar-refractivity contribution >= 4 is 17.5 Å². The van der Waals surface area contributed by atoms with E-state index in [1.165, 1.54) is 0 Å². The lowest BCUT2D eigenvalue weighted by Crippen LogP contribution is -3.11. The Balaban J connectivity index is 1.85. The van der Waals surface area contributed by atoms with Crippen molar-refractivity contribution in [2.45, 2.75) is 25.8 Å². The fourth-order valence-electron chi connectivity index (χ4n) is 2.31. The summed E-state index contributed by atoms with van der Waals surface area (Å²) in [7, 11) is 1.88. The molecule has 2 amide bonds. The number of hydrogen-bond donors (Lipinski definition) is 2. The number of benzene rings is 1. The van der Waals surface area contributed by atoms with Gasteiger partial charge >= 0.3 is 0 Å². The minimum absolute atomic E-state index is 0.0329. The molecule has 1 aromatic carbocycles. The van der Waals surface area contributed by atoms with E-state index in [1.54, 1.807) is 4.90 Å². The van der Waals surface area contributed by atoms with E-state index in [0.717, 1.165) is 23.4 Å². The average Bonchev–Trinajstić information content (AvgIpc) is 3.24. The Labute approximate surface area is 125 Å². The van der Waals surface area contributed by atoms with E-state index in [4.69, 9.17) is 0 Å². The molecule has 0 spiro atoms. The smallest absolute Gasteiger partial charge is 0.282 e. The van der Waals surface area contributed by atoms with Gasteiger partial charge in [-0.3, -0.25) is 9.59 Å². The number of carbonyl (C=O) groups excluding carboxylic acids is 2. The minimum atomic E-state index is 0.0329. The van der Waals surface area contributed by atoms with Gasteiger partial charge in [-0.25, -0.2) is 0 Å². The van der Waals surface area contributed by atoms with Crippen molar-refractivity contribution in [3.63, 3.8) is 0 Å². The zero-order valence-corrected chi connectivity index (χ0v) is 12.8. The van der Waals surface area contributed by atoms with E-state index >= 15 is 0 Å². The van der Waals surface area contributed by atoms with Crippen molar-refractivity contribution in [1.82, 2.24) is 5.32 Å². The van der Waals surface area contributed by atoms with E-state index < -0.39 is 0 Å². The molecule has 0 radical (unpaired) electrons. The molecule has 2 N–H and O–H groups in total. The van der Waals surface area contributed by atoms with Gasteiger partial charge in [0.05, 0.1) is 7.05 Å². The molecule has 0 bridgehead atoms. The molecule has 0 saturated heterocycles. The molecular weight excluding hydrogens is 266 g/mol. The zero-order valence-electron chi connectivity index (χ0n) is 12.8. The second-order valence-corrected chi connectivity index (χ2v) is 5.63. The van der Waals surface area contributed by atoms with E-state index in [0.29, 0.717) is 25.7 Å². The fraction of sp³-hybridized carbons (Fsp3) is 0.500. The molecule has 2 rings (SSSR count). The predicted octanol–water partition coefficient (Wildman–Crippen LogP) is -0.167. The highest BCUT2D eigenvalue weighted by atomic mass is 16.2. The van der Waals surface area contributed by atoms with Gasteiger partial charge in [-0.05, 0) is 31.9 Å². The molecule has 1 aliphatic rings. The third kappa shape index (κ3) is 4.86. The molecule has 1 fully saturated rings. The van der Waals surface area contributed by atoms with Gasteiger partial charge in [0.25, 0.3) is 11.8 Å². The van der Waals surface area contributed by atoms with Crippen LogP contribution < -0.4 is 15.1 Å². The molecule has 0 aliphatic heterocycles. The van der Waals surface area contributed by atoms with Crippen LogP contribution in [0.2, 0.25) is 0 Å². The first-order chi connectivity index (χ1) is 10.1. The average molecular weight is 290 g/mol. The second-order valence-electron chi connectivity index (χ2n) is 5.63. The summed E-state index contributed by atoms with van der Waals surface area (Å²) in [6, 6.07) is 10.0. The van der Waals surface area contributed by atoms with Crippen LogP contribution in [0.25, 0.3) is 0 Å². The van der Waals surface area contributed by atoms with Crippen molar-refractivity contribution in [3.05, 3.63) is 30.3 Å². The lowest BCUT2D eigenvalue weighted by molar-refractivity contribution is -0.862. The quantitative estimate of drug-likeness (QED) is 0.733. The van der Waals surface area contributed by atoms with E-state index in [9.17, 15) is 9.59 Å². The Morgan fingerprint density at radius 1 is 1.24 bits per heavy atom. The van der Waals surface area contributed by atoms with Crippen LogP contribution in [0, 0.1) is 0 Å². The maximum atomic E-state index is 12.4. The molecule has 5 heteroatoms. The SMILES string of the molecule is CCN(C(=O)C[NH+](C)CC(=O)NC1CC1)c1ccccc1. The summed E-state index contributed by atoms with van der Waals surface area (Å²) in [5.41, 5.74) is 0.903. The Morgan fingerprint density at radius 3 is 2.48 bits per heavy atom. The molecule has 1 atom stereocenters. The number of amides is 2. The number of quaternary nitrogens is 1. The Hall–Kier alpha value is -1.88. The normalized spacial score (nSPS) is 15.3. The van der Waals surface area contributed by atoms with Gasteiger partial charge in [0.1, 0.15) is 0 Å². The first kappa shape index (κ1) is 15.5. The fourth-order valence-corrected chi connectivity index (χ4v) is 2.31. The Kier molecular flexibility index (Phi) is 5.33. The summed E-state index contributed by atoms with van der Waals surface area (Å²) in [5, 5.41) is 2.95. The van der Waals surface area contributed by atoms with Crippen LogP contribution in [-0.2, 0) is 9.59 Å². The predicted molar refractivity (Wildman–Crippen MR) is 82.3 cm³/mol. The van der Waals surface area contributed by atoms with Gasteiger partial charge < -0.3 is 15.1 Å². The van der Waals surface area contributed by atoms with Gasteiger partial charge in [-0.15, -0.1) is 0 Å². The van der Waals surface area contributed by atoms with Crippen molar-refractivity contribution in [2.24, 2.45) is 0 Å². The van der Waals surface area contributed by atoms with E-state index in [1.807, 2.05) is 44.3 Å². The first-order valence-corrected chi connectivity index (χ1v) is 7.56. The maximum absolute atomic E-state index is 12.4. The maximum Gasteiger partial charge on any atom is 0.282 e. The molecule has 0 aromatic heterocycles. The van der Waals surface area contributed by atoms with Gasteiger partial charge in [0.15, 0.2) is 13.1 Å². The lowest BCUT2D eigenvalue weighted by atomic mass is 10.3. The van der Waals surface area contributed by atoms with E-state index in [-0.39, 0.29) is 11.8 Å². The molecule has 5 nitrogen and oxygen atoms in total. The molecule has 114 valence electrons. The minimum Gasteiger partial charge on any atom is -0.348 e. The molecule has 1 aliphatic carbocycles. The topological polar surface area (TPSA) is 53.9 Å². The number of hydrogen-bond acceptors (Lipinski definition) is 2. The first-order valence-electron chi connectivity index (χ1n) is 7.56. The third-order valence-corrected chi connectivity index (χ3v) is 3.54. The van der Waals surface area contributed by atoms with Gasteiger partial charge in [-0.1, -0.05) is 18.2 Å². The largest absolute Gasteiger partial charge is 0.348 e. The summed E-state index contributed by atoms with van der Waals surface area (Å²) in [4.78, 5) is 26.8. The molecular formula is C16H24N3O2+. The van der Waals surface area contributed by atoms with Crippen LogP contribution in [0.3, 0.4) is 0 Å². The van der Waals surface area contributed by atoms with Gasteiger partial charge in [0.2, 0.25) is 0 Å². The number of rotatable bonds is 7. The summed E-state index contributed by atoms with van der Waals surface area (Å²) in [6.45, 7) is 3.25. The molecule has 1 saturated carbocycles. The third-order valence-electron chi connectivity index (χ3n) is 3.54. The number of likely N-dealkylation sites (N-methyl/N-ethyl adjacent to an activating group) is 2. The molecule has 0 heterocycles. The highest BCUT2D eigenvalue weighted by Crippen LogP contribution is 2.18. The number of para-hydroxylation sites is 1. The number of nitrogens with one attached hydrogen (secondary N) is 2. The Morgan fingerprint density at radius 2 is 1.90 bits per heavy atom. The monoisotopic (exact) mass is 290 g/mol. The van der Waals surface area contributed by atoms with Gasteiger partial charge in [0, 0.05) is 18.3 Å². The summed E-state index contributed by atoms with van der Waals surface area (Å²) in [5.74, 6) is 0.0750. The summed E-state index contributed by atoms with van der Waals surface area (Å²) >= 11 is 0. The van der Waals surface area contributed by atoms with Crippen LogP contribution in [-0.4, -0.2) is 44.5 Å². The van der Waals surface area contributed by atoms with Crippen molar-refractivity contribution in [3.8, 4) is 0 Å².